The van der Waals surface area contributed by atoms with Crippen molar-refractivity contribution < 1.29 is 24.8 Å². The largest absolute Gasteiger partial charge is 0.497 e. The molecule has 1 aromatic carbocycles. The molecule has 1 aliphatic heterocycles. The van der Waals surface area contributed by atoms with E-state index in [4.69, 9.17) is 15.2 Å². The summed E-state index contributed by atoms with van der Waals surface area (Å²) < 4.78 is 13.2. The highest BCUT2D eigenvalue weighted by molar-refractivity contribution is 5.81. The Kier molecular flexibility index (Phi) is 4.40. The molecular formula is C20H23N5O5. The molecule has 3 aromatic rings. The van der Waals surface area contributed by atoms with E-state index in [2.05, 4.69) is 15.0 Å². The minimum atomic E-state index is -1.43. The predicted molar refractivity (Wildman–Crippen MR) is 106 cm³/mol. The molecule has 5 atom stereocenters. The number of aromatic nitrogens is 4. The summed E-state index contributed by atoms with van der Waals surface area (Å²) in [5.74, 6) is 0.628. The molecule has 0 saturated carbocycles. The highest BCUT2D eigenvalue weighted by atomic mass is 16.6. The highest BCUT2D eigenvalue weighted by Crippen LogP contribution is 2.52. The molecule has 158 valence electrons. The Morgan fingerprint density at radius 2 is 2.13 bits per heavy atom. The standard InChI is InChI=1S/C20H23N5O5/c1-29-11-3-4-12-10(6-11)2-5-13(12)20(17(28)16(27)14(7-26)30-20)25-9-24-15-18(21)22-8-23-19(15)25/h3-4,6,8-9,13-14,16-17,26-28H,2,5,7H2,1H3,(H2,21,22,23)/t13?,14-,16-,17-,20-/m1/s1. The number of rotatable bonds is 4. The molecule has 10 heteroatoms. The van der Waals surface area contributed by atoms with E-state index >= 15 is 0 Å². The zero-order valence-corrected chi connectivity index (χ0v) is 16.3. The second-order valence-electron chi connectivity index (χ2n) is 7.73. The van der Waals surface area contributed by atoms with Crippen LogP contribution in [0.2, 0.25) is 0 Å². The Hall–Kier alpha value is -2.79. The number of methoxy groups -OCH3 is 1. The number of nitrogens with zero attached hydrogens (tertiary/aromatic N) is 4. The van der Waals surface area contributed by atoms with Crippen LogP contribution in [-0.2, 0) is 16.9 Å². The number of hydrogen-bond acceptors (Lipinski definition) is 9. The van der Waals surface area contributed by atoms with E-state index in [9.17, 15) is 15.3 Å². The summed E-state index contributed by atoms with van der Waals surface area (Å²) in [4.78, 5) is 12.6. The van der Waals surface area contributed by atoms with Gasteiger partial charge in [0, 0.05) is 5.92 Å². The molecule has 1 aliphatic carbocycles. The zero-order chi connectivity index (χ0) is 21.0. The summed E-state index contributed by atoms with van der Waals surface area (Å²) in [5.41, 5.74) is 7.34. The maximum Gasteiger partial charge on any atom is 0.183 e. The fourth-order valence-corrected chi connectivity index (χ4v) is 4.89. The monoisotopic (exact) mass is 413 g/mol. The third-order valence-corrected chi connectivity index (χ3v) is 6.31. The van der Waals surface area contributed by atoms with Gasteiger partial charge in [0.1, 0.15) is 35.9 Å². The minimum Gasteiger partial charge on any atom is -0.497 e. The Balaban J connectivity index is 1.73. The van der Waals surface area contributed by atoms with Crippen LogP contribution in [0.15, 0.2) is 30.9 Å². The number of nitrogen functional groups attached to an aromatic ring is 1. The van der Waals surface area contributed by atoms with E-state index in [0.29, 0.717) is 17.6 Å². The smallest absolute Gasteiger partial charge is 0.183 e. The average molecular weight is 413 g/mol. The quantitative estimate of drug-likeness (QED) is 0.460. The number of fused-ring (bicyclic) bond motifs is 2. The first-order valence-corrected chi connectivity index (χ1v) is 9.77. The molecule has 0 spiro atoms. The Bertz CT molecular complexity index is 1100. The third-order valence-electron chi connectivity index (χ3n) is 6.31. The maximum absolute atomic E-state index is 11.3. The van der Waals surface area contributed by atoms with Crippen LogP contribution in [0.3, 0.4) is 0 Å². The average Bonchev–Trinajstić information content (AvgIpc) is 3.45. The lowest BCUT2D eigenvalue weighted by Crippen LogP contribution is -2.49. The first kappa shape index (κ1) is 19.2. The lowest BCUT2D eigenvalue weighted by atomic mass is 9.84. The highest BCUT2D eigenvalue weighted by Gasteiger charge is 2.61. The topological polar surface area (TPSA) is 149 Å². The SMILES string of the molecule is COc1ccc2c(c1)CCC2[C@@]1(n2cnc3c(N)ncnc32)O[C@H](CO)[C@@H](O)[C@H]1O. The summed E-state index contributed by atoms with van der Waals surface area (Å²) in [6, 6.07) is 5.78. The first-order valence-electron chi connectivity index (χ1n) is 9.77. The molecule has 30 heavy (non-hydrogen) atoms. The molecule has 3 heterocycles. The van der Waals surface area contributed by atoms with Crippen molar-refractivity contribution in [1.82, 2.24) is 19.5 Å². The van der Waals surface area contributed by atoms with Crippen molar-refractivity contribution >= 4 is 17.0 Å². The number of anilines is 1. The van der Waals surface area contributed by atoms with Crippen LogP contribution >= 0.6 is 0 Å². The van der Waals surface area contributed by atoms with Gasteiger partial charge in [-0.15, -0.1) is 0 Å². The molecule has 5 rings (SSSR count). The molecular weight excluding hydrogens is 390 g/mol. The van der Waals surface area contributed by atoms with Crippen LogP contribution in [0.25, 0.3) is 11.2 Å². The summed E-state index contributed by atoms with van der Waals surface area (Å²) in [6.45, 7) is -0.439. The molecule has 10 nitrogen and oxygen atoms in total. The van der Waals surface area contributed by atoms with Gasteiger partial charge >= 0.3 is 0 Å². The molecule has 1 fully saturated rings. The molecule has 0 amide bonds. The summed E-state index contributed by atoms with van der Waals surface area (Å²) in [6.07, 6.45) is 0.642. The van der Waals surface area contributed by atoms with Gasteiger partial charge in [-0.2, -0.15) is 0 Å². The van der Waals surface area contributed by atoms with Crippen LogP contribution in [0, 0.1) is 0 Å². The Morgan fingerprint density at radius 1 is 1.30 bits per heavy atom. The Morgan fingerprint density at radius 3 is 2.87 bits per heavy atom. The van der Waals surface area contributed by atoms with Crippen LogP contribution in [0.5, 0.6) is 5.75 Å². The maximum atomic E-state index is 11.3. The summed E-state index contributed by atoms with van der Waals surface area (Å²) in [5, 5.41) is 31.7. The van der Waals surface area contributed by atoms with Gasteiger partial charge in [0.15, 0.2) is 17.2 Å². The fraction of sp³-hybridized carbons (Fsp3) is 0.450. The van der Waals surface area contributed by atoms with E-state index in [0.717, 1.165) is 23.3 Å². The number of aliphatic hydroxyl groups is 3. The Labute approximate surface area is 171 Å². The van der Waals surface area contributed by atoms with Crippen molar-refractivity contribution in [3.63, 3.8) is 0 Å². The fourth-order valence-electron chi connectivity index (χ4n) is 4.89. The third kappa shape index (κ3) is 2.48. The van der Waals surface area contributed by atoms with E-state index in [1.165, 1.54) is 12.7 Å². The van der Waals surface area contributed by atoms with Gasteiger partial charge in [-0.1, -0.05) is 6.07 Å². The minimum absolute atomic E-state index is 0.206. The van der Waals surface area contributed by atoms with Crippen molar-refractivity contribution in [2.45, 2.75) is 42.8 Å². The number of aliphatic hydroxyl groups excluding tert-OH is 3. The van der Waals surface area contributed by atoms with Gasteiger partial charge in [-0.25, -0.2) is 15.0 Å². The molecule has 1 saturated heterocycles. The number of aryl methyl sites for hydroxylation is 1. The van der Waals surface area contributed by atoms with Crippen LogP contribution in [-0.4, -0.2) is 66.9 Å². The van der Waals surface area contributed by atoms with Crippen LogP contribution < -0.4 is 10.5 Å². The number of benzene rings is 1. The van der Waals surface area contributed by atoms with Crippen molar-refractivity contribution in [3.8, 4) is 5.75 Å². The molecule has 5 N–H and O–H groups in total. The van der Waals surface area contributed by atoms with Gasteiger partial charge in [-0.3, -0.25) is 4.57 Å². The van der Waals surface area contributed by atoms with Gasteiger partial charge in [0.2, 0.25) is 0 Å². The molecule has 1 unspecified atom stereocenters. The summed E-state index contributed by atoms with van der Waals surface area (Å²) in [7, 11) is 1.61. The van der Waals surface area contributed by atoms with Gasteiger partial charge in [-0.05, 0) is 36.1 Å². The van der Waals surface area contributed by atoms with Crippen LogP contribution in [0.4, 0.5) is 5.82 Å². The number of ether oxygens (including phenoxy) is 2. The van der Waals surface area contributed by atoms with E-state index in [-0.39, 0.29) is 11.7 Å². The van der Waals surface area contributed by atoms with Crippen LogP contribution in [0.1, 0.15) is 23.5 Å². The van der Waals surface area contributed by atoms with Gasteiger partial charge in [0.05, 0.1) is 20.0 Å². The molecule has 2 aromatic heterocycles. The van der Waals surface area contributed by atoms with Crippen molar-refractivity contribution in [3.05, 3.63) is 42.0 Å². The molecule has 2 aliphatic rings. The lowest BCUT2D eigenvalue weighted by molar-refractivity contribution is -0.162. The van der Waals surface area contributed by atoms with E-state index in [1.54, 1.807) is 11.7 Å². The lowest BCUT2D eigenvalue weighted by Gasteiger charge is -2.39. The second-order valence-corrected chi connectivity index (χ2v) is 7.73. The normalized spacial score (nSPS) is 30.7. The van der Waals surface area contributed by atoms with Gasteiger partial charge < -0.3 is 30.5 Å². The van der Waals surface area contributed by atoms with Crippen molar-refractivity contribution in [1.29, 1.82) is 0 Å². The number of imidazole rings is 1. The van der Waals surface area contributed by atoms with E-state index < -0.39 is 30.6 Å². The van der Waals surface area contributed by atoms with Crippen molar-refractivity contribution in [2.24, 2.45) is 0 Å². The predicted octanol–water partition coefficient (Wildman–Crippen LogP) is -0.0872. The van der Waals surface area contributed by atoms with E-state index in [1.807, 2.05) is 18.2 Å². The number of nitrogens with two attached hydrogens (primary N) is 1. The summed E-state index contributed by atoms with van der Waals surface area (Å²) >= 11 is 0. The van der Waals surface area contributed by atoms with Crippen molar-refractivity contribution in [2.75, 3.05) is 19.5 Å². The molecule has 0 radical (unpaired) electrons. The number of hydrogen-bond donors (Lipinski definition) is 4. The molecule has 0 bridgehead atoms. The first-order chi connectivity index (χ1) is 14.5. The van der Waals surface area contributed by atoms with Gasteiger partial charge in [0.25, 0.3) is 0 Å². The second kappa shape index (κ2) is 6.88. The zero-order valence-electron chi connectivity index (χ0n) is 16.3.